The Morgan fingerprint density at radius 3 is 1.80 bits per heavy atom. The number of alkyl halides is 3. The summed E-state index contributed by atoms with van der Waals surface area (Å²) in [6.45, 7) is 0. The van der Waals surface area contributed by atoms with Crippen LogP contribution in [-0.4, -0.2) is 14.2 Å². The Balaban J connectivity index is 2.37. The molecule has 20 heavy (non-hydrogen) atoms. The first-order valence-electron chi connectivity index (χ1n) is 5.85. The van der Waals surface area contributed by atoms with Gasteiger partial charge in [0.05, 0.1) is 19.8 Å². The fourth-order valence-corrected chi connectivity index (χ4v) is 1.87. The molecule has 0 aliphatic heterocycles. The van der Waals surface area contributed by atoms with Crippen LogP contribution in [0.5, 0.6) is 11.5 Å². The summed E-state index contributed by atoms with van der Waals surface area (Å²) in [5.74, 6) is 1.10. The molecular formula is C15H13F3O2. The van der Waals surface area contributed by atoms with Crippen molar-refractivity contribution in [2.45, 2.75) is 6.18 Å². The van der Waals surface area contributed by atoms with Crippen LogP contribution in [0.3, 0.4) is 0 Å². The zero-order valence-corrected chi connectivity index (χ0v) is 11.0. The van der Waals surface area contributed by atoms with Crippen LogP contribution in [0.15, 0.2) is 42.5 Å². The van der Waals surface area contributed by atoms with Gasteiger partial charge in [-0.25, -0.2) is 0 Å². The van der Waals surface area contributed by atoms with Gasteiger partial charge in [0.15, 0.2) is 11.5 Å². The standard InChI is InChI=1S/C15H13F3O2/c1-19-13-8-5-11(9-14(13)20-2)10-3-6-12(7-4-10)15(16,17)18/h3-9H,1-2H3. The number of halogens is 3. The van der Waals surface area contributed by atoms with Gasteiger partial charge in [0.25, 0.3) is 0 Å². The lowest BCUT2D eigenvalue weighted by atomic mass is 10.0. The third-order valence-electron chi connectivity index (χ3n) is 2.93. The molecule has 2 aromatic carbocycles. The van der Waals surface area contributed by atoms with Crippen LogP contribution in [0.25, 0.3) is 11.1 Å². The second kappa shape index (κ2) is 5.45. The predicted octanol–water partition coefficient (Wildman–Crippen LogP) is 4.39. The first-order chi connectivity index (χ1) is 9.45. The van der Waals surface area contributed by atoms with E-state index in [9.17, 15) is 13.2 Å². The van der Waals surface area contributed by atoms with Crippen molar-refractivity contribution in [3.63, 3.8) is 0 Å². The fraction of sp³-hybridized carbons (Fsp3) is 0.200. The molecule has 2 nitrogen and oxygen atoms in total. The second-order valence-electron chi connectivity index (χ2n) is 4.14. The van der Waals surface area contributed by atoms with Gasteiger partial charge in [0.1, 0.15) is 0 Å². The molecule has 0 N–H and O–H groups in total. The highest BCUT2D eigenvalue weighted by Gasteiger charge is 2.29. The van der Waals surface area contributed by atoms with Gasteiger partial charge < -0.3 is 9.47 Å². The average Bonchev–Trinajstić information content (AvgIpc) is 2.45. The number of benzene rings is 2. The van der Waals surface area contributed by atoms with E-state index in [4.69, 9.17) is 9.47 Å². The van der Waals surface area contributed by atoms with E-state index in [0.717, 1.165) is 17.7 Å². The van der Waals surface area contributed by atoms with Crippen LogP contribution in [0.1, 0.15) is 5.56 Å². The van der Waals surface area contributed by atoms with Crippen LogP contribution < -0.4 is 9.47 Å². The number of hydrogen-bond donors (Lipinski definition) is 0. The Morgan fingerprint density at radius 2 is 1.30 bits per heavy atom. The van der Waals surface area contributed by atoms with E-state index >= 15 is 0 Å². The molecule has 2 aromatic rings. The monoisotopic (exact) mass is 282 g/mol. The van der Waals surface area contributed by atoms with Gasteiger partial charge >= 0.3 is 6.18 Å². The summed E-state index contributed by atoms with van der Waals surface area (Å²) in [6.07, 6.45) is -4.32. The summed E-state index contributed by atoms with van der Waals surface area (Å²) in [5, 5.41) is 0. The molecule has 0 saturated carbocycles. The van der Waals surface area contributed by atoms with Gasteiger partial charge in [-0.1, -0.05) is 18.2 Å². The van der Waals surface area contributed by atoms with Gasteiger partial charge in [0, 0.05) is 0 Å². The Kier molecular flexibility index (Phi) is 3.88. The van der Waals surface area contributed by atoms with Crippen molar-refractivity contribution in [3.8, 4) is 22.6 Å². The molecule has 0 radical (unpaired) electrons. The average molecular weight is 282 g/mol. The summed E-state index contributed by atoms with van der Waals surface area (Å²) < 4.78 is 47.8. The predicted molar refractivity (Wildman–Crippen MR) is 70.0 cm³/mol. The van der Waals surface area contributed by atoms with Crippen LogP contribution in [0, 0.1) is 0 Å². The van der Waals surface area contributed by atoms with Crippen molar-refractivity contribution in [2.24, 2.45) is 0 Å². The zero-order valence-electron chi connectivity index (χ0n) is 11.0. The van der Waals surface area contributed by atoms with Gasteiger partial charge in [-0.05, 0) is 35.4 Å². The minimum absolute atomic E-state index is 0.532. The van der Waals surface area contributed by atoms with Crippen molar-refractivity contribution in [2.75, 3.05) is 14.2 Å². The normalized spacial score (nSPS) is 11.2. The second-order valence-corrected chi connectivity index (χ2v) is 4.14. The van der Waals surface area contributed by atoms with Crippen molar-refractivity contribution in [3.05, 3.63) is 48.0 Å². The Morgan fingerprint density at radius 1 is 0.750 bits per heavy atom. The van der Waals surface area contributed by atoms with E-state index in [1.807, 2.05) is 0 Å². The van der Waals surface area contributed by atoms with E-state index in [-0.39, 0.29) is 0 Å². The number of hydrogen-bond acceptors (Lipinski definition) is 2. The first-order valence-corrected chi connectivity index (χ1v) is 5.85. The molecule has 0 spiro atoms. The molecule has 0 aromatic heterocycles. The van der Waals surface area contributed by atoms with E-state index in [2.05, 4.69) is 0 Å². The SMILES string of the molecule is COc1ccc(-c2ccc(C(F)(F)F)cc2)cc1OC. The molecule has 0 aliphatic carbocycles. The molecule has 0 saturated heterocycles. The van der Waals surface area contributed by atoms with Crippen LogP contribution in [-0.2, 0) is 6.18 Å². The molecule has 0 atom stereocenters. The van der Waals surface area contributed by atoms with Crippen molar-refractivity contribution in [1.29, 1.82) is 0 Å². The quantitative estimate of drug-likeness (QED) is 0.831. The smallest absolute Gasteiger partial charge is 0.416 e. The van der Waals surface area contributed by atoms with Crippen LogP contribution in [0.4, 0.5) is 13.2 Å². The highest BCUT2D eigenvalue weighted by Crippen LogP contribution is 2.34. The molecule has 0 fully saturated rings. The topological polar surface area (TPSA) is 18.5 Å². The molecule has 0 amide bonds. The summed E-state index contributed by atoms with van der Waals surface area (Å²) >= 11 is 0. The van der Waals surface area contributed by atoms with Crippen molar-refractivity contribution < 1.29 is 22.6 Å². The molecule has 0 unspecified atom stereocenters. The van der Waals surface area contributed by atoms with E-state index < -0.39 is 11.7 Å². The lowest BCUT2D eigenvalue weighted by Crippen LogP contribution is -2.03. The number of rotatable bonds is 3. The highest BCUT2D eigenvalue weighted by molar-refractivity contribution is 5.67. The molecule has 106 valence electrons. The van der Waals surface area contributed by atoms with E-state index in [1.54, 1.807) is 18.2 Å². The van der Waals surface area contributed by atoms with Crippen LogP contribution in [0.2, 0.25) is 0 Å². The lowest BCUT2D eigenvalue weighted by molar-refractivity contribution is -0.137. The van der Waals surface area contributed by atoms with E-state index in [0.29, 0.717) is 17.1 Å². The van der Waals surface area contributed by atoms with Gasteiger partial charge in [0.2, 0.25) is 0 Å². The Hall–Kier alpha value is -2.17. The maximum Gasteiger partial charge on any atom is 0.416 e. The Labute approximate surface area is 114 Å². The summed E-state index contributed by atoms with van der Waals surface area (Å²) in [5.41, 5.74) is 0.775. The minimum Gasteiger partial charge on any atom is -0.493 e. The maximum absolute atomic E-state index is 12.5. The minimum atomic E-state index is -4.32. The van der Waals surface area contributed by atoms with Crippen LogP contribution >= 0.6 is 0 Å². The molecule has 0 aliphatic rings. The molecule has 2 rings (SSSR count). The summed E-state index contributed by atoms with van der Waals surface area (Å²) in [4.78, 5) is 0. The largest absolute Gasteiger partial charge is 0.493 e. The van der Waals surface area contributed by atoms with Gasteiger partial charge in [-0.15, -0.1) is 0 Å². The highest BCUT2D eigenvalue weighted by atomic mass is 19.4. The fourth-order valence-electron chi connectivity index (χ4n) is 1.87. The van der Waals surface area contributed by atoms with E-state index in [1.165, 1.54) is 26.4 Å². The summed E-state index contributed by atoms with van der Waals surface area (Å²) in [7, 11) is 3.03. The van der Waals surface area contributed by atoms with Crippen molar-refractivity contribution in [1.82, 2.24) is 0 Å². The van der Waals surface area contributed by atoms with Gasteiger partial charge in [-0.3, -0.25) is 0 Å². The zero-order chi connectivity index (χ0) is 14.8. The maximum atomic E-state index is 12.5. The third kappa shape index (κ3) is 2.87. The molecular weight excluding hydrogens is 269 g/mol. The molecule has 0 heterocycles. The third-order valence-corrected chi connectivity index (χ3v) is 2.93. The lowest BCUT2D eigenvalue weighted by Gasteiger charge is -2.11. The molecule has 5 heteroatoms. The summed E-state index contributed by atoms with van der Waals surface area (Å²) in [6, 6.07) is 10.2. The number of methoxy groups -OCH3 is 2. The Bertz CT molecular complexity index is 589. The van der Waals surface area contributed by atoms with Gasteiger partial charge in [-0.2, -0.15) is 13.2 Å². The molecule has 0 bridgehead atoms. The first kappa shape index (κ1) is 14.2. The number of ether oxygens (including phenoxy) is 2. The van der Waals surface area contributed by atoms with Crippen molar-refractivity contribution >= 4 is 0 Å².